The van der Waals surface area contributed by atoms with E-state index in [0.29, 0.717) is 22.8 Å². The van der Waals surface area contributed by atoms with Crippen LogP contribution in [-0.4, -0.2) is 40.4 Å². The van der Waals surface area contributed by atoms with Crippen LogP contribution in [0.5, 0.6) is 0 Å². The molecule has 0 bridgehead atoms. The van der Waals surface area contributed by atoms with E-state index < -0.39 is 5.69 Å². The van der Waals surface area contributed by atoms with Crippen molar-refractivity contribution in [2.24, 2.45) is 5.92 Å². The van der Waals surface area contributed by atoms with Crippen molar-refractivity contribution >= 4 is 17.7 Å². The molecule has 0 radical (unpaired) electrons. The number of aliphatic hydroxyl groups is 1. The molecule has 1 amide bonds. The van der Waals surface area contributed by atoms with Crippen molar-refractivity contribution < 1.29 is 9.90 Å². The number of aliphatic hydroxyl groups excluding tert-OH is 1. The maximum absolute atomic E-state index is 12.0. The van der Waals surface area contributed by atoms with Crippen molar-refractivity contribution in [3.05, 3.63) is 21.7 Å². The summed E-state index contributed by atoms with van der Waals surface area (Å²) in [5, 5.41) is 12.0. The first kappa shape index (κ1) is 14.7. The van der Waals surface area contributed by atoms with Crippen LogP contribution in [0.3, 0.4) is 0 Å². The molecule has 100 valence electrons. The second-order valence-corrected chi connectivity index (χ2v) is 4.84. The third-order valence-electron chi connectivity index (χ3n) is 2.43. The average molecular weight is 271 g/mol. The number of nitrogens with one attached hydrogen (secondary N) is 2. The van der Waals surface area contributed by atoms with Crippen LogP contribution in [-0.2, 0) is 0 Å². The van der Waals surface area contributed by atoms with Gasteiger partial charge < -0.3 is 15.4 Å². The standard InChI is InChI=1S/C11H17N3O3S/c1-6(5-15)4-12-9(16)8-7(2)13-11(17)14-10(8)18-3/h6,15H,4-5H2,1-3H3,(H,12,16)(H,13,14,17). The van der Waals surface area contributed by atoms with E-state index >= 15 is 0 Å². The first-order valence-electron chi connectivity index (χ1n) is 5.53. The summed E-state index contributed by atoms with van der Waals surface area (Å²) in [5.41, 5.74) is 0.415. The third kappa shape index (κ3) is 3.58. The van der Waals surface area contributed by atoms with Gasteiger partial charge in [0.05, 0.1) is 5.56 Å². The van der Waals surface area contributed by atoms with Gasteiger partial charge in [-0.25, -0.2) is 4.79 Å². The number of aromatic nitrogens is 2. The van der Waals surface area contributed by atoms with Crippen molar-refractivity contribution in [2.45, 2.75) is 18.9 Å². The number of hydrogen-bond donors (Lipinski definition) is 3. The monoisotopic (exact) mass is 271 g/mol. The van der Waals surface area contributed by atoms with Crippen LogP contribution in [0.15, 0.2) is 9.82 Å². The molecule has 0 aromatic carbocycles. The Hall–Kier alpha value is -1.34. The Morgan fingerprint density at radius 1 is 1.61 bits per heavy atom. The maximum Gasteiger partial charge on any atom is 0.346 e. The van der Waals surface area contributed by atoms with Crippen LogP contribution in [0.1, 0.15) is 23.0 Å². The van der Waals surface area contributed by atoms with Crippen molar-refractivity contribution in [3.8, 4) is 0 Å². The molecule has 0 aliphatic heterocycles. The van der Waals surface area contributed by atoms with Crippen molar-refractivity contribution in [2.75, 3.05) is 19.4 Å². The fraction of sp³-hybridized carbons (Fsp3) is 0.545. The fourth-order valence-electron chi connectivity index (χ4n) is 1.39. The zero-order valence-corrected chi connectivity index (χ0v) is 11.4. The van der Waals surface area contributed by atoms with Gasteiger partial charge in [-0.2, -0.15) is 4.98 Å². The molecule has 1 atom stereocenters. The van der Waals surface area contributed by atoms with Gasteiger partial charge in [0, 0.05) is 18.8 Å². The number of H-pyrrole nitrogens is 1. The van der Waals surface area contributed by atoms with Gasteiger partial charge in [-0.15, -0.1) is 11.8 Å². The Labute approximate surface area is 109 Å². The lowest BCUT2D eigenvalue weighted by Gasteiger charge is -2.12. The molecule has 3 N–H and O–H groups in total. The molecule has 1 aromatic rings. The van der Waals surface area contributed by atoms with E-state index in [4.69, 9.17) is 5.11 Å². The van der Waals surface area contributed by atoms with Crippen molar-refractivity contribution in [1.29, 1.82) is 0 Å². The third-order valence-corrected chi connectivity index (χ3v) is 3.11. The number of hydrogen-bond acceptors (Lipinski definition) is 5. The summed E-state index contributed by atoms with van der Waals surface area (Å²) >= 11 is 1.25. The molecule has 0 aliphatic rings. The van der Waals surface area contributed by atoms with Crippen LogP contribution in [0.2, 0.25) is 0 Å². The number of carbonyl (C=O) groups is 1. The van der Waals surface area contributed by atoms with Gasteiger partial charge in [-0.3, -0.25) is 4.79 Å². The highest BCUT2D eigenvalue weighted by Gasteiger charge is 2.17. The number of aryl methyl sites for hydroxylation is 1. The quantitative estimate of drug-likeness (QED) is 0.524. The van der Waals surface area contributed by atoms with Crippen LogP contribution < -0.4 is 11.0 Å². The Balaban J connectivity index is 2.95. The van der Waals surface area contributed by atoms with Crippen LogP contribution in [0.4, 0.5) is 0 Å². The Bertz CT molecular complexity index is 487. The summed E-state index contributed by atoms with van der Waals surface area (Å²) in [6, 6.07) is 0. The van der Waals surface area contributed by atoms with Gasteiger partial charge in [-0.1, -0.05) is 6.92 Å². The topological polar surface area (TPSA) is 95.1 Å². The van der Waals surface area contributed by atoms with E-state index in [0.717, 1.165) is 0 Å². The van der Waals surface area contributed by atoms with Gasteiger partial charge in [0.25, 0.3) is 5.91 Å². The van der Waals surface area contributed by atoms with Gasteiger partial charge >= 0.3 is 5.69 Å². The predicted molar refractivity (Wildman–Crippen MR) is 70.0 cm³/mol. The summed E-state index contributed by atoms with van der Waals surface area (Å²) < 4.78 is 0. The van der Waals surface area contributed by atoms with E-state index in [1.165, 1.54) is 11.8 Å². The fourth-order valence-corrected chi connectivity index (χ4v) is 2.02. The van der Waals surface area contributed by atoms with Gasteiger partial charge in [-0.05, 0) is 19.1 Å². The molecule has 0 saturated carbocycles. The van der Waals surface area contributed by atoms with E-state index in [1.807, 2.05) is 6.92 Å². The number of rotatable bonds is 5. The summed E-state index contributed by atoms with van der Waals surface area (Å²) in [5.74, 6) is -0.302. The molecule has 0 spiro atoms. The van der Waals surface area contributed by atoms with Crippen molar-refractivity contribution in [1.82, 2.24) is 15.3 Å². The lowest BCUT2D eigenvalue weighted by Crippen LogP contribution is -2.32. The summed E-state index contributed by atoms with van der Waals surface area (Å²) in [6.07, 6.45) is 1.76. The number of amides is 1. The van der Waals surface area contributed by atoms with E-state index in [1.54, 1.807) is 13.2 Å². The van der Waals surface area contributed by atoms with Crippen LogP contribution in [0, 0.1) is 12.8 Å². The largest absolute Gasteiger partial charge is 0.396 e. The molecule has 1 aromatic heterocycles. The number of thioether (sulfide) groups is 1. The molecule has 18 heavy (non-hydrogen) atoms. The van der Waals surface area contributed by atoms with Gasteiger partial charge in [0.2, 0.25) is 0 Å². The molecule has 0 fully saturated rings. The maximum atomic E-state index is 12.0. The van der Waals surface area contributed by atoms with Crippen LogP contribution in [0.25, 0.3) is 0 Å². The summed E-state index contributed by atoms with van der Waals surface area (Å²) in [7, 11) is 0. The molecular formula is C11H17N3O3S. The minimum Gasteiger partial charge on any atom is -0.396 e. The van der Waals surface area contributed by atoms with Gasteiger partial charge in [0.15, 0.2) is 0 Å². The first-order valence-corrected chi connectivity index (χ1v) is 6.76. The Morgan fingerprint density at radius 2 is 2.28 bits per heavy atom. The molecule has 1 heterocycles. The second-order valence-electron chi connectivity index (χ2n) is 4.05. The summed E-state index contributed by atoms with van der Waals surface area (Å²) in [6.45, 7) is 3.88. The Kier molecular flexibility index (Phi) is 5.36. The zero-order chi connectivity index (χ0) is 13.7. The first-order chi connectivity index (χ1) is 8.49. The predicted octanol–water partition coefficient (Wildman–Crippen LogP) is 0.158. The minimum absolute atomic E-state index is 0.0114. The number of carbonyl (C=O) groups excluding carboxylic acids is 1. The highest BCUT2D eigenvalue weighted by molar-refractivity contribution is 7.98. The molecule has 6 nitrogen and oxygen atoms in total. The lowest BCUT2D eigenvalue weighted by molar-refractivity contribution is 0.0937. The van der Waals surface area contributed by atoms with E-state index in [-0.39, 0.29) is 18.4 Å². The highest BCUT2D eigenvalue weighted by atomic mass is 32.2. The molecule has 7 heteroatoms. The molecule has 0 aliphatic carbocycles. The van der Waals surface area contributed by atoms with E-state index in [2.05, 4.69) is 15.3 Å². The summed E-state index contributed by atoms with van der Waals surface area (Å²) in [4.78, 5) is 29.5. The average Bonchev–Trinajstić information content (AvgIpc) is 2.34. The number of aromatic amines is 1. The SMILES string of the molecule is CSc1nc(=O)[nH]c(C)c1C(=O)NCC(C)CO. The van der Waals surface area contributed by atoms with E-state index in [9.17, 15) is 9.59 Å². The second kappa shape index (κ2) is 6.55. The van der Waals surface area contributed by atoms with Gasteiger partial charge in [0.1, 0.15) is 5.03 Å². The molecular weight excluding hydrogens is 254 g/mol. The smallest absolute Gasteiger partial charge is 0.346 e. The minimum atomic E-state index is -0.461. The van der Waals surface area contributed by atoms with Crippen LogP contribution >= 0.6 is 11.8 Å². The zero-order valence-electron chi connectivity index (χ0n) is 10.6. The number of nitrogens with zero attached hydrogens (tertiary/aromatic N) is 1. The molecule has 0 saturated heterocycles. The van der Waals surface area contributed by atoms with Crippen molar-refractivity contribution in [3.63, 3.8) is 0 Å². The highest BCUT2D eigenvalue weighted by Crippen LogP contribution is 2.17. The Morgan fingerprint density at radius 3 is 2.83 bits per heavy atom. The normalized spacial score (nSPS) is 12.2. The molecule has 1 rings (SSSR count). The molecule has 1 unspecified atom stereocenters. The lowest BCUT2D eigenvalue weighted by atomic mass is 10.2.